The summed E-state index contributed by atoms with van der Waals surface area (Å²) in [5.41, 5.74) is 2.97. The third-order valence-electron chi connectivity index (χ3n) is 4.62. The lowest BCUT2D eigenvalue weighted by Crippen LogP contribution is -2.35. The van der Waals surface area contributed by atoms with Gasteiger partial charge in [0.25, 0.3) is 0 Å². The average molecular weight is 231 g/mol. The maximum absolute atomic E-state index is 9.64. The Morgan fingerprint density at radius 3 is 2.41 bits per heavy atom. The third-order valence-corrected chi connectivity index (χ3v) is 4.62. The quantitative estimate of drug-likeness (QED) is 0.836. The molecule has 0 aromatic heterocycles. The lowest BCUT2D eigenvalue weighted by molar-refractivity contribution is 0.252. The Hall–Kier alpha value is -0.860. The van der Waals surface area contributed by atoms with E-state index in [4.69, 9.17) is 0 Å². The Kier molecular flexibility index (Phi) is 2.53. The monoisotopic (exact) mass is 231 g/mol. The zero-order valence-corrected chi connectivity index (χ0v) is 10.5. The second kappa shape index (κ2) is 3.82. The summed E-state index contributed by atoms with van der Waals surface area (Å²) in [5.74, 6) is 0. The van der Waals surface area contributed by atoms with E-state index < -0.39 is 0 Å². The molecule has 2 N–H and O–H groups in total. The molecular weight excluding hydrogens is 210 g/mol. The summed E-state index contributed by atoms with van der Waals surface area (Å²) in [7, 11) is 0. The van der Waals surface area contributed by atoms with Crippen molar-refractivity contribution in [2.75, 3.05) is 13.2 Å². The minimum Gasteiger partial charge on any atom is -0.395 e. The number of aliphatic hydroxyl groups is 1. The molecule has 2 fully saturated rings. The van der Waals surface area contributed by atoms with Crippen LogP contribution in [0.2, 0.25) is 0 Å². The van der Waals surface area contributed by atoms with E-state index in [0.29, 0.717) is 6.61 Å². The summed E-state index contributed by atoms with van der Waals surface area (Å²) >= 11 is 0. The van der Waals surface area contributed by atoms with Crippen molar-refractivity contribution in [1.29, 1.82) is 0 Å². The van der Waals surface area contributed by atoms with Crippen molar-refractivity contribution >= 4 is 0 Å². The molecule has 0 radical (unpaired) electrons. The van der Waals surface area contributed by atoms with Crippen LogP contribution in [0.5, 0.6) is 0 Å². The number of rotatable bonds is 3. The second-order valence-electron chi connectivity index (χ2n) is 5.85. The molecule has 0 spiro atoms. The van der Waals surface area contributed by atoms with Gasteiger partial charge in [0.05, 0.1) is 6.61 Å². The van der Waals surface area contributed by atoms with E-state index in [1.807, 2.05) is 0 Å². The second-order valence-corrected chi connectivity index (χ2v) is 5.85. The number of benzene rings is 1. The molecule has 0 amide bonds. The molecule has 1 heterocycles. The Bertz CT molecular complexity index is 417. The third kappa shape index (κ3) is 1.71. The fourth-order valence-corrected chi connectivity index (χ4v) is 3.21. The maximum atomic E-state index is 9.64. The predicted molar refractivity (Wildman–Crippen MR) is 69.0 cm³/mol. The molecule has 1 aliphatic carbocycles. The molecule has 2 heteroatoms. The fraction of sp³-hybridized carbons (Fsp3) is 0.600. The van der Waals surface area contributed by atoms with Crippen LogP contribution >= 0.6 is 0 Å². The summed E-state index contributed by atoms with van der Waals surface area (Å²) in [6, 6.07) is 8.68. The Labute approximate surface area is 103 Å². The SMILES string of the molecule is CC1(c2ccccc2C2(CO)CC2)CCCN1. The zero-order chi connectivity index (χ0) is 11.9. The normalized spacial score (nSPS) is 30.5. The van der Waals surface area contributed by atoms with Gasteiger partial charge in [-0.15, -0.1) is 0 Å². The number of hydrogen-bond acceptors (Lipinski definition) is 2. The van der Waals surface area contributed by atoms with Gasteiger partial charge >= 0.3 is 0 Å². The molecule has 1 saturated heterocycles. The highest BCUT2D eigenvalue weighted by Crippen LogP contribution is 2.51. The van der Waals surface area contributed by atoms with Crippen LogP contribution in [0.15, 0.2) is 24.3 Å². The van der Waals surface area contributed by atoms with Crippen molar-refractivity contribution in [3.05, 3.63) is 35.4 Å². The number of hydrogen-bond donors (Lipinski definition) is 2. The van der Waals surface area contributed by atoms with Crippen LogP contribution < -0.4 is 5.32 Å². The first kappa shape index (κ1) is 11.2. The highest BCUT2D eigenvalue weighted by molar-refractivity contribution is 5.43. The summed E-state index contributed by atoms with van der Waals surface area (Å²) < 4.78 is 0. The lowest BCUT2D eigenvalue weighted by atomic mass is 9.81. The molecule has 3 rings (SSSR count). The van der Waals surface area contributed by atoms with Crippen LogP contribution in [0.4, 0.5) is 0 Å². The molecule has 1 aliphatic heterocycles. The van der Waals surface area contributed by atoms with Gasteiger partial charge in [0.2, 0.25) is 0 Å². The average Bonchev–Trinajstić information content (AvgIpc) is 3.05. The first-order valence-electron chi connectivity index (χ1n) is 6.66. The number of aliphatic hydroxyl groups excluding tert-OH is 1. The van der Waals surface area contributed by atoms with Gasteiger partial charge in [-0.2, -0.15) is 0 Å². The van der Waals surface area contributed by atoms with Gasteiger partial charge in [0, 0.05) is 11.0 Å². The predicted octanol–water partition coefficient (Wildman–Crippen LogP) is 2.31. The van der Waals surface area contributed by atoms with E-state index in [2.05, 4.69) is 36.5 Å². The van der Waals surface area contributed by atoms with Crippen molar-refractivity contribution in [3.8, 4) is 0 Å². The van der Waals surface area contributed by atoms with Gasteiger partial charge in [-0.1, -0.05) is 24.3 Å². The fourth-order valence-electron chi connectivity index (χ4n) is 3.21. The molecule has 0 bridgehead atoms. The lowest BCUT2D eigenvalue weighted by Gasteiger charge is -2.30. The van der Waals surface area contributed by atoms with E-state index in [9.17, 15) is 5.11 Å². The van der Waals surface area contributed by atoms with Crippen LogP contribution in [0.1, 0.15) is 43.7 Å². The molecule has 2 aliphatic rings. The molecule has 2 nitrogen and oxygen atoms in total. The van der Waals surface area contributed by atoms with Gasteiger partial charge < -0.3 is 10.4 Å². The van der Waals surface area contributed by atoms with Crippen LogP contribution in [-0.2, 0) is 11.0 Å². The molecule has 1 aromatic rings. The van der Waals surface area contributed by atoms with Gasteiger partial charge in [-0.25, -0.2) is 0 Å². The molecule has 17 heavy (non-hydrogen) atoms. The van der Waals surface area contributed by atoms with Crippen LogP contribution in [0.25, 0.3) is 0 Å². The molecule has 92 valence electrons. The smallest absolute Gasteiger partial charge is 0.0528 e. The van der Waals surface area contributed by atoms with Crippen LogP contribution in [0, 0.1) is 0 Å². The molecule has 1 saturated carbocycles. The minimum atomic E-state index is 0.0733. The van der Waals surface area contributed by atoms with E-state index in [0.717, 1.165) is 19.4 Å². The standard InChI is InChI=1S/C15H21NO/c1-14(7-4-10-16-14)12-5-2-3-6-13(12)15(11-17)8-9-15/h2-3,5-6,16-17H,4,7-11H2,1H3. The van der Waals surface area contributed by atoms with E-state index >= 15 is 0 Å². The Morgan fingerprint density at radius 2 is 1.88 bits per heavy atom. The first-order chi connectivity index (χ1) is 8.20. The van der Waals surface area contributed by atoms with E-state index in [-0.39, 0.29) is 11.0 Å². The van der Waals surface area contributed by atoms with Gasteiger partial charge in [-0.3, -0.25) is 0 Å². The first-order valence-corrected chi connectivity index (χ1v) is 6.66. The number of nitrogens with one attached hydrogen (secondary N) is 1. The van der Waals surface area contributed by atoms with Crippen LogP contribution in [-0.4, -0.2) is 18.3 Å². The van der Waals surface area contributed by atoms with Gasteiger partial charge in [0.1, 0.15) is 0 Å². The largest absolute Gasteiger partial charge is 0.395 e. The maximum Gasteiger partial charge on any atom is 0.0528 e. The van der Waals surface area contributed by atoms with Gasteiger partial charge in [0.15, 0.2) is 0 Å². The van der Waals surface area contributed by atoms with E-state index in [1.54, 1.807) is 0 Å². The van der Waals surface area contributed by atoms with Crippen molar-refractivity contribution in [2.24, 2.45) is 0 Å². The zero-order valence-electron chi connectivity index (χ0n) is 10.5. The van der Waals surface area contributed by atoms with Crippen molar-refractivity contribution in [3.63, 3.8) is 0 Å². The Morgan fingerprint density at radius 1 is 1.18 bits per heavy atom. The highest BCUT2D eigenvalue weighted by atomic mass is 16.3. The molecular formula is C15H21NO. The van der Waals surface area contributed by atoms with E-state index in [1.165, 1.54) is 24.0 Å². The minimum absolute atomic E-state index is 0.0733. The molecule has 1 atom stereocenters. The van der Waals surface area contributed by atoms with Crippen LogP contribution in [0.3, 0.4) is 0 Å². The summed E-state index contributed by atoms with van der Waals surface area (Å²) in [4.78, 5) is 0. The molecule has 1 aromatic carbocycles. The summed E-state index contributed by atoms with van der Waals surface area (Å²) in [6.07, 6.45) is 4.72. The Balaban J connectivity index is 2.05. The summed E-state index contributed by atoms with van der Waals surface area (Å²) in [5, 5.41) is 13.3. The van der Waals surface area contributed by atoms with Gasteiger partial charge in [-0.05, 0) is 50.3 Å². The van der Waals surface area contributed by atoms with Crippen molar-refractivity contribution in [2.45, 2.75) is 43.6 Å². The van der Waals surface area contributed by atoms with Crippen molar-refractivity contribution in [1.82, 2.24) is 5.32 Å². The van der Waals surface area contributed by atoms with Crippen molar-refractivity contribution < 1.29 is 5.11 Å². The molecule has 1 unspecified atom stereocenters. The summed E-state index contributed by atoms with van der Waals surface area (Å²) in [6.45, 7) is 3.70. The highest BCUT2D eigenvalue weighted by Gasteiger charge is 2.47. The topological polar surface area (TPSA) is 32.3 Å².